The van der Waals surface area contributed by atoms with Gasteiger partial charge in [-0.1, -0.05) is 67.8 Å². The van der Waals surface area contributed by atoms with Crippen LogP contribution < -0.4 is 0 Å². The van der Waals surface area contributed by atoms with E-state index in [-0.39, 0.29) is 11.7 Å². The number of carbonyl (C=O) groups excluding carboxylic acids is 1. The second kappa shape index (κ2) is 9.85. The monoisotopic (exact) mass is 447 g/mol. The summed E-state index contributed by atoms with van der Waals surface area (Å²) in [5.74, 6) is 2.72. The van der Waals surface area contributed by atoms with Crippen molar-refractivity contribution >= 4 is 40.7 Å². The number of carbonyl (C=O) groups is 1. The number of hydrogen-bond acceptors (Lipinski definition) is 3. The molecule has 2 aliphatic carbocycles. The van der Waals surface area contributed by atoms with E-state index in [4.69, 9.17) is 23.2 Å². The van der Waals surface area contributed by atoms with Crippen molar-refractivity contribution in [3.63, 3.8) is 0 Å². The fourth-order valence-corrected chi connectivity index (χ4v) is 6.64. The summed E-state index contributed by atoms with van der Waals surface area (Å²) in [4.78, 5) is 18.5. The summed E-state index contributed by atoms with van der Waals surface area (Å²) in [5, 5.41) is 1.31. The van der Waals surface area contributed by atoms with Gasteiger partial charge in [-0.2, -0.15) is 0 Å². The van der Waals surface area contributed by atoms with Crippen molar-refractivity contribution in [3.05, 3.63) is 57.8 Å². The van der Waals surface area contributed by atoms with Crippen molar-refractivity contribution in [2.24, 2.45) is 17.8 Å². The molecule has 1 aromatic heterocycles. The highest BCUT2D eigenvalue weighted by Crippen LogP contribution is 2.42. The minimum atomic E-state index is 0.158. The molecule has 4 rings (SSSR count). The third-order valence-electron chi connectivity index (χ3n) is 6.53. The molecule has 0 amide bonds. The van der Waals surface area contributed by atoms with Crippen LogP contribution >= 0.6 is 35.0 Å². The molecule has 0 aliphatic heterocycles. The lowest BCUT2D eigenvalue weighted by molar-refractivity contribution is 0.0884. The fraction of sp³-hybridized carbons (Fsp3) is 0.500. The highest BCUT2D eigenvalue weighted by molar-refractivity contribution is 7.98. The van der Waals surface area contributed by atoms with Gasteiger partial charge in [0.05, 0.1) is 10.0 Å². The van der Waals surface area contributed by atoms with Crippen molar-refractivity contribution in [1.82, 2.24) is 4.98 Å². The van der Waals surface area contributed by atoms with Gasteiger partial charge in [-0.05, 0) is 48.4 Å². The molecule has 3 atom stereocenters. The Morgan fingerprint density at radius 1 is 1.00 bits per heavy atom. The van der Waals surface area contributed by atoms with Gasteiger partial charge in [0.15, 0.2) is 5.78 Å². The molecule has 2 saturated carbocycles. The van der Waals surface area contributed by atoms with Gasteiger partial charge in [0.25, 0.3) is 0 Å². The number of hydrogen-bond donors (Lipinski definition) is 0. The predicted octanol–water partition coefficient (Wildman–Crippen LogP) is 7.86. The minimum Gasteiger partial charge on any atom is -0.294 e. The molecular weight excluding hydrogens is 421 g/mol. The summed E-state index contributed by atoms with van der Waals surface area (Å²) in [6, 6.07) is 7.55. The molecular formula is C24H27Cl2NOS. The predicted molar refractivity (Wildman–Crippen MR) is 122 cm³/mol. The standard InChI is InChI=1S/C24H27Cl2NOS/c25-21-9-4-10-22(26)24(21)29-15-16-11-20(14-27-13-16)23(28)19-8-3-7-17-5-1-2-6-18(17)12-19/h4,9-11,13-14,17-19H,1-3,5-8,12,15H2/t17-,18-,19?/m1/s1. The lowest BCUT2D eigenvalue weighted by Gasteiger charge is -2.30. The zero-order valence-corrected chi connectivity index (χ0v) is 18.9. The van der Waals surface area contributed by atoms with Crippen LogP contribution in [0.2, 0.25) is 10.0 Å². The third-order valence-corrected chi connectivity index (χ3v) is 8.59. The summed E-state index contributed by atoms with van der Waals surface area (Å²) in [6.07, 6.45) is 13.5. The van der Waals surface area contributed by atoms with Gasteiger partial charge in [-0.3, -0.25) is 9.78 Å². The molecule has 0 N–H and O–H groups in total. The lowest BCUT2D eigenvalue weighted by atomic mass is 9.75. The van der Waals surface area contributed by atoms with E-state index in [1.165, 1.54) is 38.5 Å². The van der Waals surface area contributed by atoms with Crippen molar-refractivity contribution < 1.29 is 4.79 Å². The van der Waals surface area contributed by atoms with E-state index in [9.17, 15) is 4.79 Å². The SMILES string of the molecule is O=C(c1cncc(CSc2c(Cl)cccc2Cl)c1)C1CCC[C@H]2CCCC[C@@H]2C1. The second-order valence-corrected chi connectivity index (χ2v) is 10.3. The molecule has 0 radical (unpaired) electrons. The Morgan fingerprint density at radius 3 is 2.52 bits per heavy atom. The normalized spacial score (nSPS) is 24.6. The van der Waals surface area contributed by atoms with Crippen LogP contribution in [0.1, 0.15) is 67.3 Å². The maximum atomic E-state index is 13.3. The van der Waals surface area contributed by atoms with Crippen molar-refractivity contribution in [2.45, 2.75) is 62.0 Å². The molecule has 0 saturated heterocycles. The molecule has 1 heterocycles. The first-order chi connectivity index (χ1) is 14.1. The fourth-order valence-electron chi connectivity index (χ4n) is 5.04. The number of Topliss-reactive ketones (excluding diaryl/α,β-unsaturated/α-hetero) is 1. The average Bonchev–Trinajstić information content (AvgIpc) is 2.95. The lowest BCUT2D eigenvalue weighted by Crippen LogP contribution is -2.22. The number of halogens is 2. The van der Waals surface area contributed by atoms with Crippen molar-refractivity contribution in [1.29, 1.82) is 0 Å². The number of thioether (sulfide) groups is 1. The highest BCUT2D eigenvalue weighted by Gasteiger charge is 2.33. The number of ketones is 1. The summed E-state index contributed by atoms with van der Waals surface area (Å²) in [5.41, 5.74) is 1.79. The molecule has 29 heavy (non-hydrogen) atoms. The maximum Gasteiger partial charge on any atom is 0.167 e. The number of rotatable bonds is 5. The Labute approximate surface area is 187 Å². The molecule has 0 spiro atoms. The quantitative estimate of drug-likeness (QED) is 0.344. The van der Waals surface area contributed by atoms with E-state index in [0.29, 0.717) is 15.8 Å². The van der Waals surface area contributed by atoms with Crippen molar-refractivity contribution in [2.75, 3.05) is 0 Å². The first-order valence-corrected chi connectivity index (χ1v) is 12.4. The van der Waals surface area contributed by atoms with E-state index in [2.05, 4.69) is 4.98 Å². The summed E-state index contributed by atoms with van der Waals surface area (Å²) in [7, 11) is 0. The average molecular weight is 448 g/mol. The number of nitrogens with zero attached hydrogens (tertiary/aromatic N) is 1. The Morgan fingerprint density at radius 2 is 1.72 bits per heavy atom. The molecule has 0 bridgehead atoms. The van der Waals surface area contributed by atoms with Gasteiger partial charge in [0.1, 0.15) is 0 Å². The van der Waals surface area contributed by atoms with Crippen LogP contribution in [0.3, 0.4) is 0 Å². The molecule has 5 heteroatoms. The minimum absolute atomic E-state index is 0.158. The van der Waals surface area contributed by atoms with Crippen LogP contribution in [-0.2, 0) is 5.75 Å². The topological polar surface area (TPSA) is 30.0 Å². The summed E-state index contributed by atoms with van der Waals surface area (Å²) in [6.45, 7) is 0. The smallest absolute Gasteiger partial charge is 0.167 e. The summed E-state index contributed by atoms with van der Waals surface area (Å²) < 4.78 is 0. The molecule has 2 aromatic rings. The van der Waals surface area contributed by atoms with Gasteiger partial charge < -0.3 is 0 Å². The van der Waals surface area contributed by atoms with Gasteiger partial charge in [0.2, 0.25) is 0 Å². The zero-order chi connectivity index (χ0) is 20.2. The van der Waals surface area contributed by atoms with Crippen LogP contribution in [0.4, 0.5) is 0 Å². The Bertz CT molecular complexity index is 851. The van der Waals surface area contributed by atoms with Crippen LogP contribution in [0.25, 0.3) is 0 Å². The molecule has 154 valence electrons. The Balaban J connectivity index is 1.44. The van der Waals surface area contributed by atoms with Gasteiger partial charge >= 0.3 is 0 Å². The molecule has 2 aliphatic rings. The molecule has 2 fully saturated rings. The number of aromatic nitrogens is 1. The largest absolute Gasteiger partial charge is 0.294 e. The maximum absolute atomic E-state index is 13.3. The number of fused-ring (bicyclic) bond motifs is 1. The van der Waals surface area contributed by atoms with Gasteiger partial charge in [0, 0.05) is 34.5 Å². The Hall–Kier alpha value is -1.03. The number of pyridine rings is 1. The summed E-state index contributed by atoms with van der Waals surface area (Å²) >= 11 is 14.1. The van der Waals surface area contributed by atoms with E-state index in [1.807, 2.05) is 30.5 Å². The van der Waals surface area contributed by atoms with E-state index in [0.717, 1.165) is 40.7 Å². The van der Waals surface area contributed by atoms with Gasteiger partial charge in [-0.25, -0.2) is 0 Å². The molecule has 1 unspecified atom stereocenters. The van der Waals surface area contributed by atoms with Crippen molar-refractivity contribution in [3.8, 4) is 0 Å². The second-order valence-electron chi connectivity index (χ2n) is 8.45. The van der Waals surface area contributed by atoms with E-state index in [1.54, 1.807) is 18.0 Å². The van der Waals surface area contributed by atoms with Crippen LogP contribution in [0.5, 0.6) is 0 Å². The Kier molecular flexibility index (Phi) is 7.21. The molecule has 2 nitrogen and oxygen atoms in total. The zero-order valence-electron chi connectivity index (χ0n) is 16.6. The third kappa shape index (κ3) is 5.18. The van der Waals surface area contributed by atoms with E-state index < -0.39 is 0 Å². The van der Waals surface area contributed by atoms with Crippen LogP contribution in [0.15, 0.2) is 41.6 Å². The molecule has 1 aromatic carbocycles. The first-order valence-electron chi connectivity index (χ1n) is 10.7. The highest BCUT2D eigenvalue weighted by atomic mass is 35.5. The van der Waals surface area contributed by atoms with E-state index >= 15 is 0 Å². The first kappa shape index (κ1) is 21.2. The number of benzene rings is 1. The van der Waals surface area contributed by atoms with Crippen LogP contribution in [-0.4, -0.2) is 10.8 Å². The van der Waals surface area contributed by atoms with Crippen LogP contribution in [0, 0.1) is 17.8 Å². The van der Waals surface area contributed by atoms with Gasteiger partial charge in [-0.15, -0.1) is 11.8 Å².